The highest BCUT2D eigenvalue weighted by Gasteiger charge is 2.26. The van der Waals surface area contributed by atoms with E-state index in [9.17, 15) is 4.79 Å². The van der Waals surface area contributed by atoms with Gasteiger partial charge in [-0.3, -0.25) is 19.3 Å². The number of hydrogen-bond acceptors (Lipinski definition) is 6. The van der Waals surface area contributed by atoms with Gasteiger partial charge in [-0.2, -0.15) is 5.10 Å². The lowest BCUT2D eigenvalue weighted by molar-refractivity contribution is 0.0391. The number of anilines is 1. The number of carbonyl (C=O) groups excluding carboxylic acids is 1. The number of rotatable bonds is 6. The quantitative estimate of drug-likeness (QED) is 0.571. The number of morpholine rings is 1. The summed E-state index contributed by atoms with van der Waals surface area (Å²) in [6.45, 7) is 10.5. The van der Waals surface area contributed by atoms with Crippen LogP contribution in [-0.2, 0) is 4.74 Å². The Morgan fingerprint density at radius 2 is 2.07 bits per heavy atom. The highest BCUT2D eigenvalue weighted by atomic mass is 35.5. The van der Waals surface area contributed by atoms with E-state index in [-0.39, 0.29) is 11.9 Å². The molecule has 1 aliphatic rings. The molecule has 0 N–H and O–H groups in total. The van der Waals surface area contributed by atoms with Crippen molar-refractivity contribution in [3.8, 4) is 0 Å². The monoisotopic (exact) mass is 447 g/mol. The predicted molar refractivity (Wildman–Crippen MR) is 121 cm³/mol. The Bertz CT molecular complexity index is 1000. The molecule has 0 bridgehead atoms. The van der Waals surface area contributed by atoms with Gasteiger partial charge in [-0.15, -0.1) is 0 Å². The average Bonchev–Trinajstić information content (AvgIpc) is 3.40. The molecule has 0 radical (unpaired) electrons. The van der Waals surface area contributed by atoms with Gasteiger partial charge in [-0.25, -0.2) is 4.98 Å². The van der Waals surface area contributed by atoms with E-state index in [1.165, 1.54) is 11.3 Å². The van der Waals surface area contributed by atoms with Crippen molar-refractivity contribution in [2.24, 2.45) is 0 Å². The third kappa shape index (κ3) is 4.23. The summed E-state index contributed by atoms with van der Waals surface area (Å²) in [7, 11) is 0. The first-order valence-corrected chi connectivity index (χ1v) is 11.4. The topological polar surface area (TPSA) is 63.5 Å². The van der Waals surface area contributed by atoms with Crippen molar-refractivity contribution < 1.29 is 9.53 Å². The van der Waals surface area contributed by atoms with E-state index in [0.717, 1.165) is 48.6 Å². The molecule has 1 aliphatic heterocycles. The Morgan fingerprint density at radius 3 is 2.77 bits per heavy atom. The molecule has 0 aliphatic carbocycles. The Hall–Kier alpha value is -2.00. The van der Waals surface area contributed by atoms with Crippen molar-refractivity contribution in [1.29, 1.82) is 0 Å². The fraction of sp³-hybridized carbons (Fsp3) is 0.476. The highest BCUT2D eigenvalue weighted by molar-refractivity contribution is 7.23. The van der Waals surface area contributed by atoms with Crippen LogP contribution >= 0.6 is 22.9 Å². The van der Waals surface area contributed by atoms with E-state index >= 15 is 0 Å². The number of amides is 1. The highest BCUT2D eigenvalue weighted by Crippen LogP contribution is 2.36. The normalized spacial score (nSPS) is 15.2. The lowest BCUT2D eigenvalue weighted by Crippen LogP contribution is -2.43. The zero-order chi connectivity index (χ0) is 21.3. The number of nitrogens with zero attached hydrogens (tertiary/aromatic N) is 5. The standard InChI is InChI=1S/C21H26ClN5O2S/c1-14(2)27-17(6-7-23-27)20(28)26(9-8-25-10-12-29-13-11-25)21-24-18-15(3)4-5-16(22)19(18)30-21/h4-7,14H,8-13H2,1-3H3. The van der Waals surface area contributed by atoms with Crippen LogP contribution in [0.25, 0.3) is 10.2 Å². The van der Waals surface area contributed by atoms with E-state index in [2.05, 4.69) is 10.00 Å². The first-order chi connectivity index (χ1) is 14.5. The minimum absolute atomic E-state index is 0.0899. The summed E-state index contributed by atoms with van der Waals surface area (Å²) in [5.74, 6) is -0.0951. The van der Waals surface area contributed by atoms with E-state index in [0.29, 0.717) is 22.4 Å². The molecule has 4 rings (SSSR count). The van der Waals surface area contributed by atoms with E-state index in [1.807, 2.05) is 32.9 Å². The van der Waals surface area contributed by atoms with Crippen LogP contribution in [0.15, 0.2) is 24.4 Å². The SMILES string of the molecule is Cc1ccc(Cl)c2sc(N(CCN3CCOCC3)C(=O)c3ccnn3C(C)C)nc12. The van der Waals surface area contributed by atoms with Gasteiger partial charge in [0.25, 0.3) is 5.91 Å². The largest absolute Gasteiger partial charge is 0.379 e. The molecule has 1 aromatic carbocycles. The zero-order valence-electron chi connectivity index (χ0n) is 17.5. The number of ether oxygens (including phenoxy) is 1. The molecule has 0 spiro atoms. The molecule has 0 saturated carbocycles. The van der Waals surface area contributed by atoms with Crippen LogP contribution in [0.5, 0.6) is 0 Å². The maximum Gasteiger partial charge on any atom is 0.278 e. The number of benzene rings is 1. The molecule has 1 fully saturated rings. The summed E-state index contributed by atoms with van der Waals surface area (Å²) in [6, 6.07) is 5.71. The average molecular weight is 448 g/mol. The molecule has 0 unspecified atom stereocenters. The first kappa shape index (κ1) is 21.2. The molecule has 30 heavy (non-hydrogen) atoms. The zero-order valence-corrected chi connectivity index (χ0v) is 19.0. The summed E-state index contributed by atoms with van der Waals surface area (Å²) in [6.07, 6.45) is 1.67. The molecule has 2 aromatic heterocycles. The van der Waals surface area contributed by atoms with Gasteiger partial charge in [0.1, 0.15) is 5.69 Å². The molecule has 0 atom stereocenters. The number of aryl methyl sites for hydroxylation is 1. The number of hydrogen-bond donors (Lipinski definition) is 0. The van der Waals surface area contributed by atoms with Crippen LogP contribution in [0.2, 0.25) is 5.02 Å². The number of aromatic nitrogens is 3. The molecule has 1 amide bonds. The van der Waals surface area contributed by atoms with Crippen LogP contribution in [0.4, 0.5) is 5.13 Å². The molecule has 3 aromatic rings. The van der Waals surface area contributed by atoms with Gasteiger partial charge in [0.2, 0.25) is 0 Å². The van der Waals surface area contributed by atoms with Gasteiger partial charge in [0, 0.05) is 38.4 Å². The molecular weight excluding hydrogens is 422 g/mol. The van der Waals surface area contributed by atoms with Crippen molar-refractivity contribution >= 4 is 44.2 Å². The van der Waals surface area contributed by atoms with Crippen LogP contribution in [0, 0.1) is 6.92 Å². The fourth-order valence-electron chi connectivity index (χ4n) is 3.59. The third-order valence-corrected chi connectivity index (χ3v) is 6.82. The van der Waals surface area contributed by atoms with Crippen molar-refractivity contribution in [3.05, 3.63) is 40.7 Å². The van der Waals surface area contributed by atoms with Gasteiger partial charge in [-0.1, -0.05) is 29.0 Å². The maximum absolute atomic E-state index is 13.6. The van der Waals surface area contributed by atoms with Crippen LogP contribution < -0.4 is 4.90 Å². The summed E-state index contributed by atoms with van der Waals surface area (Å²) in [4.78, 5) is 22.5. The van der Waals surface area contributed by atoms with Crippen LogP contribution in [0.1, 0.15) is 35.9 Å². The van der Waals surface area contributed by atoms with Gasteiger partial charge < -0.3 is 4.74 Å². The minimum atomic E-state index is -0.0951. The second kappa shape index (κ2) is 9.01. The van der Waals surface area contributed by atoms with E-state index in [1.54, 1.807) is 21.8 Å². The molecule has 1 saturated heterocycles. The van der Waals surface area contributed by atoms with Crippen molar-refractivity contribution in [2.45, 2.75) is 26.8 Å². The number of thiazole rings is 1. The van der Waals surface area contributed by atoms with Crippen molar-refractivity contribution in [1.82, 2.24) is 19.7 Å². The summed E-state index contributed by atoms with van der Waals surface area (Å²) in [5, 5.41) is 5.66. The van der Waals surface area contributed by atoms with Crippen LogP contribution in [0.3, 0.4) is 0 Å². The number of halogens is 1. The first-order valence-electron chi connectivity index (χ1n) is 10.2. The van der Waals surface area contributed by atoms with Crippen molar-refractivity contribution in [2.75, 3.05) is 44.3 Å². The number of fused-ring (bicyclic) bond motifs is 1. The Balaban J connectivity index is 1.69. The summed E-state index contributed by atoms with van der Waals surface area (Å²) in [5.41, 5.74) is 2.46. The Kier molecular flexibility index (Phi) is 6.38. The minimum Gasteiger partial charge on any atom is -0.379 e. The maximum atomic E-state index is 13.6. The fourth-order valence-corrected chi connectivity index (χ4v) is 4.93. The van der Waals surface area contributed by atoms with E-state index in [4.69, 9.17) is 21.3 Å². The lowest BCUT2D eigenvalue weighted by atomic mass is 10.2. The van der Waals surface area contributed by atoms with Gasteiger partial charge in [-0.05, 0) is 38.5 Å². The van der Waals surface area contributed by atoms with Crippen molar-refractivity contribution in [3.63, 3.8) is 0 Å². The molecule has 3 heterocycles. The lowest BCUT2D eigenvalue weighted by Gasteiger charge is -2.29. The number of carbonyl (C=O) groups is 1. The predicted octanol–water partition coefficient (Wildman–Crippen LogP) is 4.01. The second-order valence-corrected chi connectivity index (χ2v) is 9.09. The Labute approximate surface area is 185 Å². The smallest absolute Gasteiger partial charge is 0.278 e. The molecule has 160 valence electrons. The summed E-state index contributed by atoms with van der Waals surface area (Å²) >= 11 is 7.88. The molecule has 9 heteroatoms. The molecule has 7 nitrogen and oxygen atoms in total. The van der Waals surface area contributed by atoms with Gasteiger partial charge >= 0.3 is 0 Å². The third-order valence-electron chi connectivity index (χ3n) is 5.28. The summed E-state index contributed by atoms with van der Waals surface area (Å²) < 4.78 is 8.12. The molecular formula is C21H26ClN5O2S. The van der Waals surface area contributed by atoms with Gasteiger partial charge in [0.15, 0.2) is 5.13 Å². The van der Waals surface area contributed by atoms with Gasteiger partial charge in [0.05, 0.1) is 28.5 Å². The Morgan fingerprint density at radius 1 is 1.30 bits per heavy atom. The second-order valence-electron chi connectivity index (χ2n) is 7.70. The van der Waals surface area contributed by atoms with E-state index < -0.39 is 0 Å². The van der Waals surface area contributed by atoms with Crippen LogP contribution in [-0.4, -0.2) is 65.0 Å².